The van der Waals surface area contributed by atoms with Crippen LogP contribution in [0.4, 0.5) is 10.1 Å². The fourth-order valence-corrected chi connectivity index (χ4v) is 5.38. The van der Waals surface area contributed by atoms with E-state index >= 15 is 0 Å². The van der Waals surface area contributed by atoms with Crippen molar-refractivity contribution >= 4 is 21.6 Å². The molecule has 3 aromatic rings. The van der Waals surface area contributed by atoms with Crippen LogP contribution in [0, 0.1) is 5.82 Å². The van der Waals surface area contributed by atoms with Gasteiger partial charge in [-0.05, 0) is 62.2 Å². The number of aromatic nitrogens is 2. The van der Waals surface area contributed by atoms with Gasteiger partial charge in [0.2, 0.25) is 10.0 Å². The van der Waals surface area contributed by atoms with Crippen molar-refractivity contribution in [3.05, 3.63) is 66.2 Å². The van der Waals surface area contributed by atoms with E-state index in [1.807, 2.05) is 0 Å². The summed E-state index contributed by atoms with van der Waals surface area (Å²) in [7, 11) is -3.77. The van der Waals surface area contributed by atoms with Crippen LogP contribution in [-0.4, -0.2) is 48.1 Å². The van der Waals surface area contributed by atoms with Gasteiger partial charge in [-0.3, -0.25) is 4.79 Å². The zero-order valence-corrected chi connectivity index (χ0v) is 19.0. The minimum atomic E-state index is -3.77. The Bertz CT molecular complexity index is 1250. The van der Waals surface area contributed by atoms with Crippen LogP contribution >= 0.6 is 0 Å². The van der Waals surface area contributed by atoms with Gasteiger partial charge in [0.1, 0.15) is 16.5 Å². The highest BCUT2D eigenvalue weighted by atomic mass is 32.2. The lowest BCUT2D eigenvalue weighted by Crippen LogP contribution is -2.35. The number of carbonyl (C=O) groups excluding carboxylic acids is 1. The molecule has 1 saturated heterocycles. The van der Waals surface area contributed by atoms with Gasteiger partial charge in [-0.1, -0.05) is 12.5 Å². The summed E-state index contributed by atoms with van der Waals surface area (Å²) in [5.74, 6) is -0.682. The molecule has 4 rings (SSSR count). The molecule has 1 N–H and O–H groups in total. The van der Waals surface area contributed by atoms with Gasteiger partial charge in [0, 0.05) is 25.0 Å². The minimum Gasteiger partial charge on any atom is -0.492 e. The molecule has 10 heteroatoms. The van der Waals surface area contributed by atoms with E-state index in [1.165, 1.54) is 33.3 Å². The van der Waals surface area contributed by atoms with Crippen LogP contribution in [0.1, 0.15) is 36.7 Å². The third-order valence-corrected chi connectivity index (χ3v) is 7.25. The lowest BCUT2D eigenvalue weighted by molar-refractivity contribution is 0.102. The Balaban J connectivity index is 1.58. The fraction of sp³-hybridized carbons (Fsp3) is 0.304. The Labute approximate surface area is 192 Å². The summed E-state index contributed by atoms with van der Waals surface area (Å²) in [6, 6.07) is 11.9. The fourth-order valence-electron chi connectivity index (χ4n) is 3.71. The van der Waals surface area contributed by atoms with E-state index in [2.05, 4.69) is 10.4 Å². The SMILES string of the molecule is CCOc1ccc(NC(=O)c2ccn(-c3cccc(F)c3)n2)cc1S(=O)(=O)N1CCCCC1. The molecular weight excluding hydrogens is 447 g/mol. The van der Waals surface area contributed by atoms with Crippen molar-refractivity contribution in [3.63, 3.8) is 0 Å². The number of benzene rings is 2. The largest absolute Gasteiger partial charge is 0.492 e. The molecular formula is C23H25FN4O4S. The first-order chi connectivity index (χ1) is 15.9. The molecule has 1 aliphatic rings. The number of carbonyl (C=O) groups is 1. The number of nitrogens with one attached hydrogen (secondary N) is 1. The Kier molecular flexibility index (Phi) is 6.75. The van der Waals surface area contributed by atoms with E-state index in [-0.39, 0.29) is 16.3 Å². The molecule has 33 heavy (non-hydrogen) atoms. The van der Waals surface area contributed by atoms with Crippen molar-refractivity contribution < 1.29 is 22.3 Å². The average molecular weight is 473 g/mol. The summed E-state index contributed by atoms with van der Waals surface area (Å²) in [6.07, 6.45) is 4.18. The Hall–Kier alpha value is -3.24. The predicted molar refractivity (Wildman–Crippen MR) is 122 cm³/mol. The van der Waals surface area contributed by atoms with Crippen LogP contribution in [0.3, 0.4) is 0 Å². The number of hydrogen-bond acceptors (Lipinski definition) is 5. The second-order valence-electron chi connectivity index (χ2n) is 7.64. The second kappa shape index (κ2) is 9.72. The van der Waals surface area contributed by atoms with Crippen LogP contribution < -0.4 is 10.1 Å². The highest BCUT2D eigenvalue weighted by molar-refractivity contribution is 7.89. The van der Waals surface area contributed by atoms with Crippen LogP contribution in [0.2, 0.25) is 0 Å². The molecule has 0 radical (unpaired) electrons. The first-order valence-electron chi connectivity index (χ1n) is 10.8. The standard InChI is InChI=1S/C23H25FN4O4S/c1-2-32-21-10-9-18(16-22(21)33(30,31)27-12-4-3-5-13-27)25-23(29)20-11-14-28(26-20)19-8-6-7-17(24)15-19/h6-11,14-16H,2-5,12-13H2,1H3,(H,25,29). The van der Waals surface area contributed by atoms with Crippen molar-refractivity contribution in [3.8, 4) is 11.4 Å². The molecule has 0 bridgehead atoms. The molecule has 0 unspecified atom stereocenters. The normalized spacial score (nSPS) is 14.7. The third kappa shape index (κ3) is 5.07. The highest BCUT2D eigenvalue weighted by Crippen LogP contribution is 2.31. The van der Waals surface area contributed by atoms with Crippen LogP contribution in [0.25, 0.3) is 5.69 Å². The van der Waals surface area contributed by atoms with E-state index in [1.54, 1.807) is 37.4 Å². The van der Waals surface area contributed by atoms with E-state index in [0.29, 0.717) is 31.1 Å². The second-order valence-corrected chi connectivity index (χ2v) is 9.55. The molecule has 0 saturated carbocycles. The molecule has 2 aromatic carbocycles. The van der Waals surface area contributed by atoms with Gasteiger partial charge >= 0.3 is 0 Å². The number of anilines is 1. The van der Waals surface area contributed by atoms with E-state index in [0.717, 1.165) is 19.3 Å². The lowest BCUT2D eigenvalue weighted by Gasteiger charge is -2.27. The number of piperidine rings is 1. The molecule has 0 spiro atoms. The third-order valence-electron chi connectivity index (χ3n) is 5.33. The molecule has 1 amide bonds. The molecule has 1 aromatic heterocycles. The first kappa shape index (κ1) is 22.9. The lowest BCUT2D eigenvalue weighted by atomic mass is 10.2. The van der Waals surface area contributed by atoms with Crippen molar-refractivity contribution in [1.82, 2.24) is 14.1 Å². The van der Waals surface area contributed by atoms with Gasteiger partial charge in [0.05, 0.1) is 12.3 Å². The Morgan fingerprint density at radius 3 is 2.64 bits per heavy atom. The maximum absolute atomic E-state index is 13.5. The van der Waals surface area contributed by atoms with Gasteiger partial charge in [0.25, 0.3) is 5.91 Å². The zero-order chi connectivity index (χ0) is 23.4. The summed E-state index contributed by atoms with van der Waals surface area (Å²) in [5, 5.41) is 6.89. The molecule has 0 atom stereocenters. The number of rotatable bonds is 7. The molecule has 1 fully saturated rings. The first-order valence-corrected chi connectivity index (χ1v) is 12.2. The topological polar surface area (TPSA) is 93.5 Å². The monoisotopic (exact) mass is 472 g/mol. The van der Waals surface area contributed by atoms with Gasteiger partial charge in [-0.2, -0.15) is 9.40 Å². The van der Waals surface area contributed by atoms with Crippen molar-refractivity contribution in [2.75, 3.05) is 25.0 Å². The number of hydrogen-bond donors (Lipinski definition) is 1. The van der Waals surface area contributed by atoms with Crippen molar-refractivity contribution in [1.29, 1.82) is 0 Å². The van der Waals surface area contributed by atoms with Gasteiger partial charge in [-0.15, -0.1) is 0 Å². The number of sulfonamides is 1. The molecule has 1 aliphatic heterocycles. The Morgan fingerprint density at radius 2 is 1.91 bits per heavy atom. The van der Waals surface area contributed by atoms with Gasteiger partial charge in [0.15, 0.2) is 5.69 Å². The maximum atomic E-state index is 13.5. The highest BCUT2D eigenvalue weighted by Gasteiger charge is 2.29. The summed E-state index contributed by atoms with van der Waals surface area (Å²) >= 11 is 0. The molecule has 2 heterocycles. The van der Waals surface area contributed by atoms with Gasteiger partial charge in [-0.25, -0.2) is 17.5 Å². The minimum absolute atomic E-state index is 0.0225. The number of ether oxygens (including phenoxy) is 1. The quantitative estimate of drug-likeness (QED) is 0.564. The Morgan fingerprint density at radius 1 is 1.12 bits per heavy atom. The molecule has 8 nitrogen and oxygen atoms in total. The van der Waals surface area contributed by atoms with Crippen LogP contribution in [-0.2, 0) is 10.0 Å². The zero-order valence-electron chi connectivity index (χ0n) is 18.2. The number of amides is 1. The maximum Gasteiger partial charge on any atom is 0.276 e. The average Bonchev–Trinajstić information content (AvgIpc) is 3.31. The van der Waals surface area contributed by atoms with Gasteiger partial charge < -0.3 is 10.1 Å². The van der Waals surface area contributed by atoms with E-state index < -0.39 is 21.7 Å². The number of nitrogens with zero attached hydrogens (tertiary/aromatic N) is 3. The van der Waals surface area contributed by atoms with Crippen molar-refractivity contribution in [2.24, 2.45) is 0 Å². The number of halogens is 1. The molecule has 0 aliphatic carbocycles. The summed E-state index contributed by atoms with van der Waals surface area (Å²) < 4.78 is 48.4. The van der Waals surface area contributed by atoms with E-state index in [4.69, 9.17) is 4.74 Å². The summed E-state index contributed by atoms with van der Waals surface area (Å²) in [4.78, 5) is 12.8. The van der Waals surface area contributed by atoms with Crippen LogP contribution in [0.15, 0.2) is 59.6 Å². The smallest absolute Gasteiger partial charge is 0.276 e. The predicted octanol–water partition coefficient (Wildman–Crippen LogP) is 3.84. The summed E-state index contributed by atoms with van der Waals surface area (Å²) in [5.41, 5.74) is 0.887. The van der Waals surface area contributed by atoms with Crippen molar-refractivity contribution in [2.45, 2.75) is 31.1 Å². The summed E-state index contributed by atoms with van der Waals surface area (Å²) in [6.45, 7) is 3.01. The van der Waals surface area contributed by atoms with Crippen LogP contribution in [0.5, 0.6) is 5.75 Å². The van der Waals surface area contributed by atoms with E-state index in [9.17, 15) is 17.6 Å². The molecule has 174 valence electrons.